The minimum atomic E-state index is -0.274. The predicted molar refractivity (Wildman–Crippen MR) is 101 cm³/mol. The number of hydrogen-bond donors (Lipinski definition) is 2. The van der Waals surface area contributed by atoms with Crippen molar-refractivity contribution in [2.45, 2.75) is 37.6 Å². The van der Waals surface area contributed by atoms with Gasteiger partial charge in [0.1, 0.15) is 0 Å². The fourth-order valence-corrected chi connectivity index (χ4v) is 3.86. The van der Waals surface area contributed by atoms with E-state index in [1.54, 1.807) is 0 Å². The van der Waals surface area contributed by atoms with E-state index < -0.39 is 0 Å². The van der Waals surface area contributed by atoms with Crippen molar-refractivity contribution in [3.8, 4) is 0 Å². The molecular weight excluding hydrogens is 392 g/mol. The number of halogens is 2. The molecule has 2 N–H and O–H groups in total. The van der Waals surface area contributed by atoms with Crippen LogP contribution in [-0.2, 0) is 15.1 Å². The highest BCUT2D eigenvalue weighted by Gasteiger charge is 2.35. The van der Waals surface area contributed by atoms with Gasteiger partial charge < -0.3 is 15.4 Å². The molecule has 2 fully saturated rings. The third-order valence-electron chi connectivity index (χ3n) is 5.06. The van der Waals surface area contributed by atoms with E-state index >= 15 is 0 Å². The molecule has 1 unspecified atom stereocenters. The summed E-state index contributed by atoms with van der Waals surface area (Å²) in [5.41, 5.74) is 0.907. The lowest BCUT2D eigenvalue weighted by molar-refractivity contribution is -0.124. The minimum Gasteiger partial charge on any atom is -0.381 e. The van der Waals surface area contributed by atoms with Gasteiger partial charge in [-0.3, -0.25) is 4.79 Å². The molecule has 0 aliphatic carbocycles. The van der Waals surface area contributed by atoms with Gasteiger partial charge >= 0.3 is 0 Å². The van der Waals surface area contributed by atoms with Crippen molar-refractivity contribution in [2.75, 3.05) is 26.3 Å². The molecule has 0 radical (unpaired) electrons. The van der Waals surface area contributed by atoms with Crippen LogP contribution in [-0.4, -0.2) is 32.2 Å². The maximum absolute atomic E-state index is 12.5. The number of rotatable bonds is 5. The second kappa shape index (κ2) is 9.18. The van der Waals surface area contributed by atoms with Crippen molar-refractivity contribution < 1.29 is 9.53 Å². The van der Waals surface area contributed by atoms with Crippen molar-refractivity contribution >= 4 is 34.2 Å². The highest BCUT2D eigenvalue weighted by molar-refractivity contribution is 9.10. The second-order valence-corrected chi connectivity index (χ2v) is 7.56. The third kappa shape index (κ3) is 4.94. The quantitative estimate of drug-likeness (QED) is 0.772. The van der Waals surface area contributed by atoms with Crippen LogP contribution in [0.1, 0.15) is 37.7 Å². The van der Waals surface area contributed by atoms with Crippen LogP contribution in [0.4, 0.5) is 0 Å². The summed E-state index contributed by atoms with van der Waals surface area (Å²) in [4.78, 5) is 12.5. The summed E-state index contributed by atoms with van der Waals surface area (Å²) in [6.07, 6.45) is 4.47. The van der Waals surface area contributed by atoms with Crippen LogP contribution < -0.4 is 10.6 Å². The topological polar surface area (TPSA) is 50.4 Å². The fourth-order valence-electron chi connectivity index (χ4n) is 3.60. The lowest BCUT2D eigenvalue weighted by atomic mass is 9.82. The van der Waals surface area contributed by atoms with Gasteiger partial charge in [0.05, 0.1) is 5.54 Å². The van der Waals surface area contributed by atoms with Gasteiger partial charge in [-0.25, -0.2) is 0 Å². The Morgan fingerprint density at radius 2 is 2.00 bits per heavy atom. The number of nitrogens with one attached hydrogen (secondary N) is 2. The van der Waals surface area contributed by atoms with E-state index in [0.717, 1.165) is 36.8 Å². The van der Waals surface area contributed by atoms with Gasteiger partial charge in [-0.15, -0.1) is 12.4 Å². The third-order valence-corrected chi connectivity index (χ3v) is 5.59. The number of ether oxygens (including phenoxy) is 1. The molecule has 0 spiro atoms. The first-order chi connectivity index (χ1) is 11.2. The van der Waals surface area contributed by atoms with Crippen molar-refractivity contribution in [3.63, 3.8) is 0 Å². The van der Waals surface area contributed by atoms with E-state index in [9.17, 15) is 4.79 Å². The Morgan fingerprint density at radius 3 is 2.62 bits per heavy atom. The molecule has 0 aromatic heterocycles. The molecular formula is C18H26BrClN2O2. The number of amides is 1. The molecule has 3 rings (SSSR count). The Balaban J connectivity index is 0.00000208. The van der Waals surface area contributed by atoms with E-state index in [1.807, 2.05) is 12.1 Å². The van der Waals surface area contributed by atoms with Gasteiger partial charge in [-0.1, -0.05) is 28.1 Å². The predicted octanol–water partition coefficient (Wildman–Crippen LogP) is 3.38. The molecule has 134 valence electrons. The first kappa shape index (κ1) is 19.7. The molecule has 2 aliphatic rings. The van der Waals surface area contributed by atoms with Crippen LogP contribution in [0.3, 0.4) is 0 Å². The zero-order valence-electron chi connectivity index (χ0n) is 13.9. The monoisotopic (exact) mass is 416 g/mol. The van der Waals surface area contributed by atoms with E-state index in [4.69, 9.17) is 4.74 Å². The maximum atomic E-state index is 12.5. The van der Waals surface area contributed by atoms with Gasteiger partial charge in [0.2, 0.25) is 5.91 Å². The van der Waals surface area contributed by atoms with Crippen LogP contribution in [0.5, 0.6) is 0 Å². The lowest BCUT2D eigenvalue weighted by Gasteiger charge is -2.38. The molecule has 2 saturated heterocycles. The molecule has 2 aliphatic heterocycles. The first-order valence-corrected chi connectivity index (χ1v) is 9.33. The van der Waals surface area contributed by atoms with Crippen molar-refractivity contribution in [2.24, 2.45) is 5.92 Å². The van der Waals surface area contributed by atoms with E-state index in [-0.39, 0.29) is 23.9 Å². The summed E-state index contributed by atoms with van der Waals surface area (Å²) in [5, 5.41) is 6.70. The highest BCUT2D eigenvalue weighted by atomic mass is 79.9. The number of carbonyl (C=O) groups is 1. The highest BCUT2D eigenvalue weighted by Crippen LogP contribution is 2.33. The van der Waals surface area contributed by atoms with Crippen LogP contribution in [0.15, 0.2) is 28.7 Å². The molecule has 4 nitrogen and oxygen atoms in total. The first-order valence-electron chi connectivity index (χ1n) is 8.53. The normalized spacial score (nSPS) is 22.6. The Morgan fingerprint density at radius 1 is 1.29 bits per heavy atom. The van der Waals surface area contributed by atoms with Crippen molar-refractivity contribution in [1.82, 2.24) is 10.6 Å². The van der Waals surface area contributed by atoms with E-state index in [2.05, 4.69) is 38.7 Å². The molecule has 1 aromatic rings. The average Bonchev–Trinajstić information content (AvgIpc) is 3.08. The van der Waals surface area contributed by atoms with E-state index in [0.29, 0.717) is 25.6 Å². The van der Waals surface area contributed by atoms with Gasteiger partial charge in [0, 0.05) is 24.1 Å². The van der Waals surface area contributed by atoms with Crippen molar-refractivity contribution in [1.29, 1.82) is 0 Å². The summed E-state index contributed by atoms with van der Waals surface area (Å²) in [6, 6.07) is 8.30. The molecule has 2 heterocycles. The lowest BCUT2D eigenvalue weighted by Crippen LogP contribution is -2.49. The number of carbonyl (C=O) groups excluding carboxylic acids is 1. The van der Waals surface area contributed by atoms with Crippen LogP contribution >= 0.6 is 28.3 Å². The Kier molecular flexibility index (Phi) is 7.54. The van der Waals surface area contributed by atoms with Gasteiger partial charge in [-0.2, -0.15) is 0 Å². The fraction of sp³-hybridized carbons (Fsp3) is 0.611. The largest absolute Gasteiger partial charge is 0.381 e. The summed E-state index contributed by atoms with van der Waals surface area (Å²) in [6.45, 7) is 3.54. The second-order valence-electron chi connectivity index (χ2n) is 6.65. The summed E-state index contributed by atoms with van der Waals surface area (Å²) >= 11 is 3.48. The zero-order valence-corrected chi connectivity index (χ0v) is 16.3. The number of benzene rings is 1. The minimum absolute atomic E-state index is 0. The molecule has 1 aromatic carbocycles. The summed E-state index contributed by atoms with van der Waals surface area (Å²) in [7, 11) is 0. The number of hydrogen-bond acceptors (Lipinski definition) is 3. The zero-order chi connectivity index (χ0) is 16.1. The smallest absolute Gasteiger partial charge is 0.220 e. The molecule has 0 saturated carbocycles. The van der Waals surface area contributed by atoms with Crippen molar-refractivity contribution in [3.05, 3.63) is 34.3 Å². The van der Waals surface area contributed by atoms with Gasteiger partial charge in [0.15, 0.2) is 0 Å². The van der Waals surface area contributed by atoms with Crippen LogP contribution in [0.2, 0.25) is 0 Å². The molecule has 24 heavy (non-hydrogen) atoms. The molecule has 6 heteroatoms. The van der Waals surface area contributed by atoms with Crippen LogP contribution in [0.25, 0.3) is 0 Å². The maximum Gasteiger partial charge on any atom is 0.220 e. The summed E-state index contributed by atoms with van der Waals surface area (Å²) < 4.78 is 6.58. The summed E-state index contributed by atoms with van der Waals surface area (Å²) in [5.74, 6) is 0.820. The van der Waals surface area contributed by atoms with Gasteiger partial charge in [-0.05, 0) is 62.4 Å². The van der Waals surface area contributed by atoms with E-state index in [1.165, 1.54) is 12.0 Å². The Hall–Kier alpha value is -0.620. The molecule has 1 atom stereocenters. The standard InChI is InChI=1S/C18H25BrN2O2.ClH/c19-16-4-2-15(3-5-16)18(8-11-23-12-9-18)21-17(22)6-1-14-7-10-20-13-14;/h2-5,14,20H,1,6-13H2,(H,21,22);1H. The van der Waals surface area contributed by atoms with Gasteiger partial charge in [0.25, 0.3) is 0 Å². The Bertz CT molecular complexity index is 526. The SMILES string of the molecule is Cl.O=C(CCC1CCNC1)NC1(c2ccc(Br)cc2)CCOCC1. The molecule has 0 bridgehead atoms. The average molecular weight is 418 g/mol. The molecule has 1 amide bonds. The Labute approximate surface area is 158 Å². The van der Waals surface area contributed by atoms with Crippen LogP contribution in [0, 0.1) is 5.92 Å².